The van der Waals surface area contributed by atoms with E-state index in [0.717, 1.165) is 0 Å². The molecule has 0 aromatic heterocycles. The van der Waals surface area contributed by atoms with Crippen LogP contribution in [0.5, 0.6) is 0 Å². The second-order valence-electron chi connectivity index (χ2n) is 2.06. The highest BCUT2D eigenvalue weighted by atomic mass is 35.5. The van der Waals surface area contributed by atoms with Gasteiger partial charge in [-0.25, -0.2) is 4.99 Å². The molecular weight excluding hydrogens is 219 g/mol. The second kappa shape index (κ2) is 3.87. The van der Waals surface area contributed by atoms with Crippen LogP contribution in [0, 0.1) is 0 Å². The largest absolute Gasteiger partial charge is 0.342 e. The van der Waals surface area contributed by atoms with Crippen LogP contribution in [0.3, 0.4) is 0 Å². The van der Waals surface area contributed by atoms with Crippen LogP contribution in [-0.4, -0.2) is 23.7 Å². The molecule has 0 saturated heterocycles. The predicted molar refractivity (Wildman–Crippen MR) is 53.6 cm³/mol. The fourth-order valence-corrected chi connectivity index (χ4v) is 1.74. The first kappa shape index (κ1) is 10.2. The minimum absolute atomic E-state index is 0.329. The fraction of sp³-hybridized carbons (Fsp3) is 0.500. The van der Waals surface area contributed by atoms with E-state index in [1.165, 1.54) is 24.9 Å². The molecule has 1 N–H and O–H groups in total. The molecule has 0 radical (unpaired) electrons. The quantitative estimate of drug-likeness (QED) is 0.549. The number of alkyl halides is 1. The molecule has 0 amide bonds. The van der Waals surface area contributed by atoms with Gasteiger partial charge in [-0.1, -0.05) is 35.0 Å². The fourth-order valence-electron chi connectivity index (χ4n) is 0.699. The Hall–Kier alpha value is 0.1000. The number of methoxy groups -OCH3 is 1. The van der Waals surface area contributed by atoms with Gasteiger partial charge in [-0.2, -0.15) is 0 Å². The molecule has 1 heterocycles. The third-order valence-electron chi connectivity index (χ3n) is 1.28. The zero-order valence-corrected chi connectivity index (χ0v) is 8.93. The molecule has 1 atom stereocenters. The number of nitrogens with zero attached hydrogens (tertiary/aromatic N) is 1. The Morgan fingerprint density at radius 1 is 1.75 bits per heavy atom. The van der Waals surface area contributed by atoms with Crippen LogP contribution in [0.1, 0.15) is 0 Å². The van der Waals surface area contributed by atoms with Gasteiger partial charge in [0.1, 0.15) is 5.16 Å². The maximum Gasteiger partial charge on any atom is 0.241 e. The third kappa shape index (κ3) is 2.29. The smallest absolute Gasteiger partial charge is 0.241 e. The van der Waals surface area contributed by atoms with E-state index >= 15 is 0 Å². The molecule has 12 heavy (non-hydrogen) atoms. The summed E-state index contributed by atoms with van der Waals surface area (Å²) in [6.07, 6.45) is 3.37. The van der Waals surface area contributed by atoms with Gasteiger partial charge in [0.15, 0.2) is 5.17 Å². The molecule has 0 spiro atoms. The van der Waals surface area contributed by atoms with Gasteiger partial charge in [0.2, 0.25) is 5.18 Å². The Labute approximate surface area is 85.2 Å². The number of nitrogens with one attached hydrogen (secondary N) is 1. The lowest BCUT2D eigenvalue weighted by molar-refractivity contribution is 0.0914. The van der Waals surface area contributed by atoms with Gasteiger partial charge in [-0.05, 0) is 6.26 Å². The first-order valence-corrected chi connectivity index (χ1v) is 5.11. The molecule has 3 nitrogen and oxygen atoms in total. The molecule has 0 aliphatic carbocycles. The number of thioether (sulfide) groups is 1. The van der Waals surface area contributed by atoms with Crippen LogP contribution in [0.15, 0.2) is 16.2 Å². The normalized spacial score (nSPS) is 29.0. The van der Waals surface area contributed by atoms with Crippen LogP contribution in [0.2, 0.25) is 0 Å². The summed E-state index contributed by atoms with van der Waals surface area (Å²) >= 11 is 13.1. The number of amidine groups is 1. The third-order valence-corrected chi connectivity index (χ3v) is 2.41. The summed E-state index contributed by atoms with van der Waals surface area (Å²) in [4.78, 5) is 3.97. The van der Waals surface area contributed by atoms with Crippen molar-refractivity contribution in [2.45, 2.75) is 5.18 Å². The summed E-state index contributed by atoms with van der Waals surface area (Å²) in [5, 5.41) is 2.76. The van der Waals surface area contributed by atoms with Crippen molar-refractivity contribution in [3.05, 3.63) is 11.2 Å². The summed E-state index contributed by atoms with van der Waals surface area (Å²) in [6, 6.07) is 0. The Morgan fingerprint density at radius 2 is 2.42 bits per heavy atom. The zero-order chi connectivity index (χ0) is 9.19. The van der Waals surface area contributed by atoms with E-state index in [9.17, 15) is 0 Å². The van der Waals surface area contributed by atoms with Crippen molar-refractivity contribution in [3.8, 4) is 0 Å². The van der Waals surface area contributed by atoms with Crippen LogP contribution in [0.4, 0.5) is 0 Å². The molecule has 1 aliphatic rings. The van der Waals surface area contributed by atoms with Crippen LogP contribution < -0.4 is 5.32 Å². The van der Waals surface area contributed by atoms with E-state index in [2.05, 4.69) is 10.3 Å². The maximum atomic E-state index is 5.94. The lowest BCUT2D eigenvalue weighted by Crippen LogP contribution is -2.44. The Kier molecular flexibility index (Phi) is 3.29. The minimum atomic E-state index is -1.06. The number of rotatable bonds is 1. The molecule has 1 rings (SSSR count). The Bertz CT molecular complexity index is 244. The van der Waals surface area contributed by atoms with Gasteiger partial charge in [-0.3, -0.25) is 0 Å². The number of halogens is 2. The molecular formula is C6H8Cl2N2OS. The SMILES string of the molecule is COC1(Cl)C=C(Cl)N=C(SC)N1. The second-order valence-corrected chi connectivity index (χ2v) is 3.81. The Morgan fingerprint density at radius 3 is 2.92 bits per heavy atom. The lowest BCUT2D eigenvalue weighted by Gasteiger charge is -2.27. The summed E-state index contributed by atoms with van der Waals surface area (Å²) < 4.78 is 4.98. The van der Waals surface area contributed by atoms with Gasteiger partial charge >= 0.3 is 0 Å². The van der Waals surface area contributed by atoms with E-state index in [4.69, 9.17) is 27.9 Å². The summed E-state index contributed by atoms with van der Waals surface area (Å²) in [6.45, 7) is 0. The average Bonchev–Trinajstić information content (AvgIpc) is 2.03. The highest BCUT2D eigenvalue weighted by Crippen LogP contribution is 2.24. The van der Waals surface area contributed by atoms with Crippen LogP contribution in [-0.2, 0) is 4.74 Å². The first-order chi connectivity index (χ1) is 5.59. The highest BCUT2D eigenvalue weighted by Gasteiger charge is 2.28. The monoisotopic (exact) mass is 226 g/mol. The van der Waals surface area contributed by atoms with E-state index in [1.54, 1.807) is 0 Å². The van der Waals surface area contributed by atoms with Gasteiger partial charge < -0.3 is 10.1 Å². The Balaban J connectivity index is 2.84. The average molecular weight is 227 g/mol. The lowest BCUT2D eigenvalue weighted by atomic mass is 10.5. The van der Waals surface area contributed by atoms with Crippen molar-refractivity contribution in [1.29, 1.82) is 0 Å². The molecule has 0 aromatic rings. The van der Waals surface area contributed by atoms with E-state index in [1.807, 2.05) is 6.26 Å². The van der Waals surface area contributed by atoms with Crippen molar-refractivity contribution in [2.75, 3.05) is 13.4 Å². The first-order valence-electron chi connectivity index (χ1n) is 3.13. The molecule has 0 bridgehead atoms. The van der Waals surface area contributed by atoms with E-state index in [-0.39, 0.29) is 0 Å². The predicted octanol–water partition coefficient (Wildman–Crippen LogP) is 1.93. The summed E-state index contributed by atoms with van der Waals surface area (Å²) in [7, 11) is 1.49. The minimum Gasteiger partial charge on any atom is -0.342 e. The van der Waals surface area contributed by atoms with Gasteiger partial charge in [-0.15, -0.1) is 0 Å². The number of aliphatic imine (C=N–C) groups is 1. The van der Waals surface area contributed by atoms with Gasteiger partial charge in [0.25, 0.3) is 0 Å². The zero-order valence-electron chi connectivity index (χ0n) is 6.60. The molecule has 0 saturated carbocycles. The summed E-state index contributed by atoms with van der Waals surface area (Å²) in [5.41, 5.74) is 0. The van der Waals surface area contributed by atoms with Crippen molar-refractivity contribution in [1.82, 2.24) is 5.32 Å². The van der Waals surface area contributed by atoms with Gasteiger partial charge in [0.05, 0.1) is 0 Å². The molecule has 1 aliphatic heterocycles. The molecule has 0 fully saturated rings. The van der Waals surface area contributed by atoms with Crippen LogP contribution in [0.25, 0.3) is 0 Å². The van der Waals surface area contributed by atoms with E-state index < -0.39 is 5.18 Å². The molecule has 6 heteroatoms. The molecule has 1 unspecified atom stereocenters. The molecule has 68 valence electrons. The molecule has 0 aromatic carbocycles. The van der Waals surface area contributed by atoms with Crippen LogP contribution >= 0.6 is 35.0 Å². The van der Waals surface area contributed by atoms with Crippen molar-refractivity contribution in [2.24, 2.45) is 4.99 Å². The van der Waals surface area contributed by atoms with Crippen molar-refractivity contribution < 1.29 is 4.74 Å². The highest BCUT2D eigenvalue weighted by molar-refractivity contribution is 8.13. The summed E-state index contributed by atoms with van der Waals surface area (Å²) in [5.74, 6) is 0. The van der Waals surface area contributed by atoms with E-state index in [0.29, 0.717) is 10.3 Å². The number of hydrogen-bond acceptors (Lipinski definition) is 4. The topological polar surface area (TPSA) is 33.6 Å². The standard InChI is InChI=1S/C6H8Cl2N2OS/c1-11-6(8)3-4(7)9-5(10-6)12-2/h3H,1-2H3,(H,9,10). The number of ether oxygens (including phenoxy) is 1. The number of hydrogen-bond donors (Lipinski definition) is 1. The maximum absolute atomic E-state index is 5.94. The van der Waals surface area contributed by atoms with Gasteiger partial charge in [0, 0.05) is 13.2 Å². The van der Waals surface area contributed by atoms with Crippen molar-refractivity contribution >= 4 is 40.1 Å². The van der Waals surface area contributed by atoms with Crippen molar-refractivity contribution in [3.63, 3.8) is 0 Å².